The van der Waals surface area contributed by atoms with Crippen LogP contribution in [0.5, 0.6) is 5.75 Å². The second-order valence-corrected chi connectivity index (χ2v) is 10.5. The molecule has 4 aromatic heterocycles. The first kappa shape index (κ1) is 23.8. The number of carbonyl (C=O) groups is 1. The molecule has 38 heavy (non-hydrogen) atoms. The molecule has 11 nitrogen and oxygen atoms in total. The number of hydrogen-bond acceptors (Lipinski definition) is 8. The number of nitrogens with one attached hydrogen (secondary N) is 2. The highest BCUT2D eigenvalue weighted by Gasteiger charge is 2.27. The van der Waals surface area contributed by atoms with Gasteiger partial charge in [-0.25, -0.2) is 9.97 Å². The predicted molar refractivity (Wildman–Crippen MR) is 139 cm³/mol. The van der Waals surface area contributed by atoms with Gasteiger partial charge in [-0.15, -0.1) is 0 Å². The van der Waals surface area contributed by atoms with Gasteiger partial charge in [-0.05, 0) is 30.5 Å². The van der Waals surface area contributed by atoms with Gasteiger partial charge in [0.25, 0.3) is 0 Å². The molecule has 2 N–H and O–H groups in total. The standard InChI is InChI=1S/C27H28N8O3/c1-27(2,3)26-33-25(38-34-26)24(36)30-19-6-5-11-37-20-12-15(7-8-18(19)20)17-9-10-28-23-21(17)31-22(32-23)16-13-29-35(4)14-16/h7-10,12-14,19H,5-6,11H2,1-4H3,(H,30,36)(H,28,31,32). The fourth-order valence-corrected chi connectivity index (χ4v) is 4.56. The minimum Gasteiger partial charge on any atom is -0.493 e. The van der Waals surface area contributed by atoms with Gasteiger partial charge < -0.3 is 19.6 Å². The Morgan fingerprint density at radius 3 is 2.82 bits per heavy atom. The van der Waals surface area contributed by atoms with E-state index in [1.807, 2.05) is 58.3 Å². The molecule has 0 spiro atoms. The lowest BCUT2D eigenvalue weighted by molar-refractivity contribution is 0.0890. The van der Waals surface area contributed by atoms with Gasteiger partial charge in [-0.2, -0.15) is 10.1 Å². The van der Waals surface area contributed by atoms with E-state index < -0.39 is 5.91 Å². The fourth-order valence-electron chi connectivity index (χ4n) is 4.56. The first-order valence-electron chi connectivity index (χ1n) is 12.5. The number of H-pyrrole nitrogens is 1. The molecule has 0 saturated carbocycles. The molecule has 1 amide bonds. The molecule has 0 saturated heterocycles. The number of rotatable bonds is 4. The average molecular weight is 513 g/mol. The van der Waals surface area contributed by atoms with Gasteiger partial charge in [0.15, 0.2) is 11.5 Å². The van der Waals surface area contributed by atoms with Crippen molar-refractivity contribution in [3.05, 3.63) is 60.1 Å². The summed E-state index contributed by atoms with van der Waals surface area (Å²) < 4.78 is 13.1. The maximum absolute atomic E-state index is 13.0. The van der Waals surface area contributed by atoms with E-state index in [2.05, 4.69) is 35.5 Å². The van der Waals surface area contributed by atoms with Crippen molar-refractivity contribution in [1.29, 1.82) is 0 Å². The Hall–Kier alpha value is -4.54. The fraction of sp³-hybridized carbons (Fsp3) is 0.333. The highest BCUT2D eigenvalue weighted by molar-refractivity contribution is 5.92. The van der Waals surface area contributed by atoms with Crippen LogP contribution in [0.25, 0.3) is 33.7 Å². The zero-order valence-electron chi connectivity index (χ0n) is 21.6. The van der Waals surface area contributed by atoms with Gasteiger partial charge in [-0.1, -0.05) is 38.1 Å². The van der Waals surface area contributed by atoms with Crippen molar-refractivity contribution in [1.82, 2.24) is 40.2 Å². The molecule has 1 unspecified atom stereocenters. The lowest BCUT2D eigenvalue weighted by Gasteiger charge is -2.18. The largest absolute Gasteiger partial charge is 0.493 e. The molecule has 5 aromatic rings. The first-order chi connectivity index (χ1) is 18.3. The van der Waals surface area contributed by atoms with Crippen LogP contribution < -0.4 is 10.1 Å². The summed E-state index contributed by atoms with van der Waals surface area (Å²) >= 11 is 0. The van der Waals surface area contributed by atoms with E-state index in [1.54, 1.807) is 17.1 Å². The minimum atomic E-state index is -0.397. The van der Waals surface area contributed by atoms with E-state index in [0.29, 0.717) is 23.9 Å². The van der Waals surface area contributed by atoms with Crippen molar-refractivity contribution in [3.63, 3.8) is 0 Å². The number of pyridine rings is 1. The Labute approximate surface area is 218 Å². The van der Waals surface area contributed by atoms with E-state index in [4.69, 9.17) is 9.26 Å². The number of fused-ring (bicyclic) bond motifs is 2. The third-order valence-corrected chi connectivity index (χ3v) is 6.56. The Kier molecular flexibility index (Phi) is 5.70. The van der Waals surface area contributed by atoms with Crippen LogP contribution >= 0.6 is 0 Å². The average Bonchev–Trinajstić information content (AvgIpc) is 3.62. The monoisotopic (exact) mass is 512 g/mol. The number of carbonyl (C=O) groups excluding carboxylic acids is 1. The molecule has 1 aromatic carbocycles. The Bertz CT molecular complexity index is 1640. The summed E-state index contributed by atoms with van der Waals surface area (Å²) in [4.78, 5) is 29.8. The number of imidazole rings is 1. The third-order valence-electron chi connectivity index (χ3n) is 6.56. The van der Waals surface area contributed by atoms with E-state index in [0.717, 1.165) is 46.4 Å². The maximum atomic E-state index is 13.0. The number of amides is 1. The summed E-state index contributed by atoms with van der Waals surface area (Å²) in [6.07, 6.45) is 6.94. The van der Waals surface area contributed by atoms with Crippen LogP contribution in [0.2, 0.25) is 0 Å². The lowest BCUT2D eigenvalue weighted by atomic mass is 9.96. The SMILES string of the molecule is Cn1cc(-c2nc3nccc(-c4ccc5c(c4)OCCCC5NC(=O)c4nc(C(C)(C)C)no4)c3[nH]2)cn1. The molecule has 0 bridgehead atoms. The van der Waals surface area contributed by atoms with Crippen LogP contribution in [0.1, 0.15) is 61.7 Å². The van der Waals surface area contributed by atoms with E-state index in [9.17, 15) is 4.79 Å². The molecule has 5 heterocycles. The van der Waals surface area contributed by atoms with Crippen molar-refractivity contribution < 1.29 is 14.1 Å². The molecule has 194 valence electrons. The van der Waals surface area contributed by atoms with Crippen LogP contribution in [0.3, 0.4) is 0 Å². The van der Waals surface area contributed by atoms with Crippen molar-refractivity contribution in [2.24, 2.45) is 7.05 Å². The number of hydrogen-bond donors (Lipinski definition) is 2. The van der Waals surface area contributed by atoms with Gasteiger partial charge >= 0.3 is 11.8 Å². The van der Waals surface area contributed by atoms with Gasteiger partial charge in [0.2, 0.25) is 0 Å². The smallest absolute Gasteiger partial charge is 0.315 e. The van der Waals surface area contributed by atoms with Crippen molar-refractivity contribution in [2.75, 3.05) is 6.61 Å². The van der Waals surface area contributed by atoms with Crippen LogP contribution in [-0.4, -0.2) is 47.4 Å². The quantitative estimate of drug-likeness (QED) is 0.363. The predicted octanol–water partition coefficient (Wildman–Crippen LogP) is 4.35. The molecule has 1 aliphatic rings. The summed E-state index contributed by atoms with van der Waals surface area (Å²) in [6.45, 7) is 6.46. The van der Waals surface area contributed by atoms with Crippen molar-refractivity contribution in [2.45, 2.75) is 45.1 Å². The van der Waals surface area contributed by atoms with Crippen molar-refractivity contribution in [3.8, 4) is 28.3 Å². The van der Waals surface area contributed by atoms with Crippen LogP contribution in [0, 0.1) is 0 Å². The zero-order valence-corrected chi connectivity index (χ0v) is 21.6. The molecule has 0 aliphatic carbocycles. The second-order valence-electron chi connectivity index (χ2n) is 10.5. The second kappa shape index (κ2) is 9.09. The number of nitrogens with zero attached hydrogens (tertiary/aromatic N) is 6. The van der Waals surface area contributed by atoms with Crippen LogP contribution in [0.15, 0.2) is 47.4 Å². The van der Waals surface area contributed by atoms with E-state index in [1.165, 1.54) is 0 Å². The number of aromatic amines is 1. The molecule has 1 atom stereocenters. The topological polar surface area (TPSA) is 137 Å². The Morgan fingerprint density at radius 2 is 2.05 bits per heavy atom. The highest BCUT2D eigenvalue weighted by Crippen LogP contribution is 2.37. The van der Waals surface area contributed by atoms with Crippen molar-refractivity contribution >= 4 is 17.1 Å². The molecule has 0 fully saturated rings. The summed E-state index contributed by atoms with van der Waals surface area (Å²) in [7, 11) is 1.87. The molecule has 1 aliphatic heterocycles. The van der Waals surface area contributed by atoms with Gasteiger partial charge in [0, 0.05) is 36.0 Å². The molecule has 6 rings (SSSR count). The first-order valence-corrected chi connectivity index (χ1v) is 12.5. The van der Waals surface area contributed by atoms with Gasteiger partial charge in [-0.3, -0.25) is 9.48 Å². The summed E-state index contributed by atoms with van der Waals surface area (Å²) in [6, 6.07) is 7.73. The van der Waals surface area contributed by atoms with Gasteiger partial charge in [0.05, 0.1) is 29.9 Å². The Morgan fingerprint density at radius 1 is 1.18 bits per heavy atom. The number of aromatic nitrogens is 7. The molecular formula is C27H28N8O3. The van der Waals surface area contributed by atoms with Crippen LogP contribution in [0.4, 0.5) is 0 Å². The number of benzene rings is 1. The highest BCUT2D eigenvalue weighted by atomic mass is 16.5. The summed E-state index contributed by atoms with van der Waals surface area (Å²) in [5, 5.41) is 11.3. The Balaban J connectivity index is 1.31. The van der Waals surface area contributed by atoms with E-state index >= 15 is 0 Å². The third kappa shape index (κ3) is 4.40. The maximum Gasteiger partial charge on any atom is 0.315 e. The summed E-state index contributed by atoms with van der Waals surface area (Å²) in [5.41, 5.74) is 4.84. The lowest BCUT2D eigenvalue weighted by Crippen LogP contribution is -2.28. The van der Waals surface area contributed by atoms with E-state index in [-0.39, 0.29) is 17.3 Å². The normalized spacial score (nSPS) is 15.6. The molecular weight excluding hydrogens is 484 g/mol. The van der Waals surface area contributed by atoms with Crippen LogP contribution in [-0.2, 0) is 12.5 Å². The molecule has 11 heteroatoms. The number of aryl methyl sites for hydroxylation is 1. The molecule has 0 radical (unpaired) electrons. The summed E-state index contributed by atoms with van der Waals surface area (Å²) in [5.74, 6) is 1.49. The minimum absolute atomic E-state index is 0.0406. The van der Waals surface area contributed by atoms with Gasteiger partial charge in [0.1, 0.15) is 11.6 Å². The zero-order chi connectivity index (χ0) is 26.4. The number of ether oxygens (including phenoxy) is 1.